The number of nitrogens with zero attached hydrogens (tertiary/aromatic N) is 3. The van der Waals surface area contributed by atoms with Crippen LogP contribution in [0.1, 0.15) is 18.9 Å². The second kappa shape index (κ2) is 5.13. The van der Waals surface area contributed by atoms with Crippen molar-refractivity contribution < 1.29 is 9.21 Å². The van der Waals surface area contributed by atoms with Crippen LogP contribution in [0.5, 0.6) is 0 Å². The zero-order chi connectivity index (χ0) is 11.4. The van der Waals surface area contributed by atoms with Crippen molar-refractivity contribution in [3.05, 3.63) is 5.89 Å². The van der Waals surface area contributed by atoms with Gasteiger partial charge in [-0.25, -0.2) is 0 Å². The minimum atomic E-state index is -0.281. The van der Waals surface area contributed by atoms with E-state index >= 15 is 0 Å². The number of thioether (sulfide) groups is 1. The molecule has 84 valence electrons. The van der Waals surface area contributed by atoms with Gasteiger partial charge in [0, 0.05) is 14.1 Å². The molecular weight excluding hydrogens is 216 g/mol. The predicted molar refractivity (Wildman–Crippen MR) is 56.3 cm³/mol. The summed E-state index contributed by atoms with van der Waals surface area (Å²) >= 11 is 1.21. The van der Waals surface area contributed by atoms with Crippen molar-refractivity contribution in [2.45, 2.75) is 18.2 Å². The van der Waals surface area contributed by atoms with Gasteiger partial charge in [-0.1, -0.05) is 11.8 Å². The van der Waals surface area contributed by atoms with Crippen LogP contribution in [0.15, 0.2) is 9.64 Å². The van der Waals surface area contributed by atoms with Crippen LogP contribution in [0.4, 0.5) is 0 Å². The summed E-state index contributed by atoms with van der Waals surface area (Å²) in [7, 11) is 3.40. The van der Waals surface area contributed by atoms with Crippen LogP contribution in [-0.4, -0.2) is 40.9 Å². The zero-order valence-corrected chi connectivity index (χ0v) is 9.74. The number of aromatic nitrogens is 2. The lowest BCUT2D eigenvalue weighted by Crippen LogP contribution is -2.23. The molecule has 1 aromatic rings. The molecule has 1 aromatic heterocycles. The topological polar surface area (TPSA) is 85.2 Å². The van der Waals surface area contributed by atoms with Crippen molar-refractivity contribution >= 4 is 17.7 Å². The van der Waals surface area contributed by atoms with Crippen LogP contribution in [0.25, 0.3) is 0 Å². The van der Waals surface area contributed by atoms with Crippen LogP contribution in [0.3, 0.4) is 0 Å². The fraction of sp³-hybridized carbons (Fsp3) is 0.625. The first-order valence-electron chi connectivity index (χ1n) is 4.42. The van der Waals surface area contributed by atoms with Crippen LogP contribution < -0.4 is 5.73 Å². The van der Waals surface area contributed by atoms with Crippen LogP contribution in [0, 0.1) is 0 Å². The van der Waals surface area contributed by atoms with Gasteiger partial charge in [-0.2, -0.15) is 0 Å². The van der Waals surface area contributed by atoms with E-state index in [2.05, 4.69) is 10.2 Å². The highest BCUT2D eigenvalue weighted by Gasteiger charge is 2.12. The van der Waals surface area contributed by atoms with Crippen LogP contribution >= 0.6 is 11.8 Å². The van der Waals surface area contributed by atoms with Gasteiger partial charge in [-0.15, -0.1) is 10.2 Å². The number of rotatable bonds is 4. The number of hydrogen-bond donors (Lipinski definition) is 1. The molecule has 0 spiro atoms. The lowest BCUT2D eigenvalue weighted by molar-refractivity contribution is -0.125. The molecule has 0 bridgehead atoms. The van der Waals surface area contributed by atoms with Crippen LogP contribution in [0.2, 0.25) is 0 Å². The van der Waals surface area contributed by atoms with E-state index in [1.807, 2.05) is 0 Å². The van der Waals surface area contributed by atoms with Crippen molar-refractivity contribution in [3.63, 3.8) is 0 Å². The summed E-state index contributed by atoms with van der Waals surface area (Å²) in [5.41, 5.74) is 5.55. The fourth-order valence-electron chi connectivity index (χ4n) is 0.715. The standard InChI is InChI=1S/C8H14N4O2S/c1-5(9)7-10-11-8(14-7)15-4-6(13)12(2)3/h5H,4,9H2,1-3H3/t5-/m1/s1. The predicted octanol–water partition coefficient (Wildman–Crippen LogP) is 0.270. The summed E-state index contributed by atoms with van der Waals surface area (Å²) in [6.07, 6.45) is 0. The van der Waals surface area contributed by atoms with Gasteiger partial charge in [0.05, 0.1) is 11.8 Å². The normalized spacial score (nSPS) is 12.5. The van der Waals surface area contributed by atoms with Gasteiger partial charge in [0.15, 0.2) is 0 Å². The van der Waals surface area contributed by atoms with E-state index < -0.39 is 0 Å². The highest BCUT2D eigenvalue weighted by Crippen LogP contribution is 2.18. The highest BCUT2D eigenvalue weighted by molar-refractivity contribution is 7.99. The summed E-state index contributed by atoms with van der Waals surface area (Å²) < 4.78 is 5.22. The Morgan fingerprint density at radius 2 is 2.27 bits per heavy atom. The Morgan fingerprint density at radius 3 is 2.73 bits per heavy atom. The average Bonchev–Trinajstić information content (AvgIpc) is 2.62. The van der Waals surface area contributed by atoms with E-state index in [9.17, 15) is 4.79 Å². The van der Waals surface area contributed by atoms with E-state index in [1.165, 1.54) is 16.7 Å². The zero-order valence-electron chi connectivity index (χ0n) is 8.93. The van der Waals surface area contributed by atoms with Gasteiger partial charge in [0.1, 0.15) is 0 Å². The van der Waals surface area contributed by atoms with Gasteiger partial charge in [-0.05, 0) is 6.92 Å². The van der Waals surface area contributed by atoms with E-state index in [4.69, 9.17) is 10.2 Å². The maximum Gasteiger partial charge on any atom is 0.277 e. The molecule has 7 heteroatoms. The first-order chi connectivity index (χ1) is 7.00. The van der Waals surface area contributed by atoms with Crippen molar-refractivity contribution in [1.82, 2.24) is 15.1 Å². The van der Waals surface area contributed by atoms with Gasteiger partial charge in [0.25, 0.3) is 5.22 Å². The van der Waals surface area contributed by atoms with Crippen LogP contribution in [-0.2, 0) is 4.79 Å². The molecule has 0 saturated heterocycles. The summed E-state index contributed by atoms with van der Waals surface area (Å²) in [5, 5.41) is 7.89. The minimum Gasteiger partial charge on any atom is -0.414 e. The third-order valence-electron chi connectivity index (χ3n) is 1.63. The molecule has 15 heavy (non-hydrogen) atoms. The Hall–Kier alpha value is -1.08. The Kier molecular flexibility index (Phi) is 4.10. The number of amides is 1. The largest absolute Gasteiger partial charge is 0.414 e. The monoisotopic (exact) mass is 230 g/mol. The molecule has 1 heterocycles. The third-order valence-corrected chi connectivity index (χ3v) is 2.43. The van der Waals surface area contributed by atoms with E-state index in [-0.39, 0.29) is 17.7 Å². The number of carbonyl (C=O) groups is 1. The maximum atomic E-state index is 11.2. The molecule has 1 atom stereocenters. The third kappa shape index (κ3) is 3.52. The highest BCUT2D eigenvalue weighted by atomic mass is 32.2. The molecule has 0 radical (unpaired) electrons. The summed E-state index contributed by atoms with van der Waals surface area (Å²) in [6, 6.07) is -0.281. The first kappa shape index (κ1) is 12.0. The first-order valence-corrected chi connectivity index (χ1v) is 5.41. The molecule has 6 nitrogen and oxygen atoms in total. The lowest BCUT2D eigenvalue weighted by Gasteiger charge is -2.07. The molecule has 0 aliphatic carbocycles. The van der Waals surface area contributed by atoms with Crippen molar-refractivity contribution in [2.24, 2.45) is 5.73 Å². The maximum absolute atomic E-state index is 11.2. The molecular formula is C8H14N4O2S. The molecule has 0 unspecified atom stereocenters. The summed E-state index contributed by atoms with van der Waals surface area (Å²) in [5.74, 6) is 0.670. The SMILES string of the molecule is C[C@@H](N)c1nnc(SCC(=O)N(C)C)o1. The van der Waals surface area contributed by atoms with Crippen molar-refractivity contribution in [1.29, 1.82) is 0 Å². The molecule has 1 amide bonds. The summed E-state index contributed by atoms with van der Waals surface area (Å²) in [6.45, 7) is 1.76. The molecule has 0 fully saturated rings. The second-order valence-electron chi connectivity index (χ2n) is 3.27. The molecule has 2 N–H and O–H groups in total. The molecule has 0 saturated carbocycles. The van der Waals surface area contributed by atoms with E-state index in [0.717, 1.165) is 0 Å². The summed E-state index contributed by atoms with van der Waals surface area (Å²) in [4.78, 5) is 12.8. The smallest absolute Gasteiger partial charge is 0.277 e. The van der Waals surface area contributed by atoms with Gasteiger partial charge in [0.2, 0.25) is 11.8 Å². The number of hydrogen-bond acceptors (Lipinski definition) is 6. The number of carbonyl (C=O) groups excluding carboxylic acids is 1. The Bertz CT molecular complexity index is 337. The second-order valence-corrected chi connectivity index (χ2v) is 4.20. The van der Waals surface area contributed by atoms with E-state index in [0.29, 0.717) is 11.1 Å². The van der Waals surface area contributed by atoms with Gasteiger partial charge >= 0.3 is 0 Å². The molecule has 0 aliphatic heterocycles. The Morgan fingerprint density at radius 1 is 1.60 bits per heavy atom. The Labute approximate surface area is 92.2 Å². The average molecular weight is 230 g/mol. The molecule has 0 aromatic carbocycles. The lowest BCUT2D eigenvalue weighted by atomic mass is 10.4. The minimum absolute atomic E-state index is 0.000506. The van der Waals surface area contributed by atoms with Crippen molar-refractivity contribution in [3.8, 4) is 0 Å². The Balaban J connectivity index is 2.48. The van der Waals surface area contributed by atoms with E-state index in [1.54, 1.807) is 21.0 Å². The number of nitrogens with two attached hydrogens (primary N) is 1. The molecule has 0 aliphatic rings. The quantitative estimate of drug-likeness (QED) is 0.747. The van der Waals surface area contributed by atoms with Crippen molar-refractivity contribution in [2.75, 3.05) is 19.8 Å². The fourth-order valence-corrected chi connectivity index (χ4v) is 1.46. The van der Waals surface area contributed by atoms with Gasteiger partial charge < -0.3 is 15.1 Å². The van der Waals surface area contributed by atoms with Gasteiger partial charge in [-0.3, -0.25) is 4.79 Å². The molecule has 1 rings (SSSR count).